The maximum absolute atomic E-state index is 12.2. The lowest BCUT2D eigenvalue weighted by molar-refractivity contribution is -0.123. The van der Waals surface area contributed by atoms with Crippen LogP contribution in [0.4, 0.5) is 0 Å². The first-order valence-corrected chi connectivity index (χ1v) is 8.25. The van der Waals surface area contributed by atoms with Gasteiger partial charge in [0.05, 0.1) is 11.5 Å². The zero-order valence-corrected chi connectivity index (χ0v) is 13.6. The van der Waals surface area contributed by atoms with Gasteiger partial charge in [-0.15, -0.1) is 0 Å². The van der Waals surface area contributed by atoms with Crippen LogP contribution in [0.1, 0.15) is 51.5 Å². The number of carbonyl (C=O) groups is 1. The molecule has 3 heteroatoms. The van der Waals surface area contributed by atoms with E-state index in [9.17, 15) is 4.79 Å². The number of hydrogen-bond donors (Lipinski definition) is 1. The fourth-order valence-electron chi connectivity index (χ4n) is 3.26. The number of hydrogen-bond acceptors (Lipinski definition) is 2. The molecular formula is C19H26N2O. The minimum Gasteiger partial charge on any atom is -0.353 e. The summed E-state index contributed by atoms with van der Waals surface area (Å²) in [6.07, 6.45) is 5.94. The van der Waals surface area contributed by atoms with E-state index in [0.717, 1.165) is 12.8 Å². The molecule has 2 unspecified atom stereocenters. The van der Waals surface area contributed by atoms with Crippen LogP contribution in [0, 0.1) is 22.7 Å². The molecule has 1 fully saturated rings. The maximum Gasteiger partial charge on any atom is 0.221 e. The van der Waals surface area contributed by atoms with Gasteiger partial charge in [0.2, 0.25) is 5.91 Å². The van der Waals surface area contributed by atoms with E-state index in [4.69, 9.17) is 5.26 Å². The fourth-order valence-corrected chi connectivity index (χ4v) is 3.26. The van der Waals surface area contributed by atoms with Gasteiger partial charge < -0.3 is 5.32 Å². The Kier molecular flexibility index (Phi) is 5.60. The van der Waals surface area contributed by atoms with Crippen molar-refractivity contribution in [2.24, 2.45) is 11.3 Å². The fraction of sp³-hybridized carbons (Fsp3) is 0.579. The Morgan fingerprint density at radius 3 is 2.64 bits per heavy atom. The Labute approximate surface area is 133 Å². The number of benzene rings is 1. The van der Waals surface area contributed by atoms with Crippen molar-refractivity contribution in [3.8, 4) is 6.07 Å². The minimum absolute atomic E-state index is 0.0107. The molecule has 1 aliphatic carbocycles. The van der Waals surface area contributed by atoms with Gasteiger partial charge in [-0.25, -0.2) is 0 Å². The first-order chi connectivity index (χ1) is 10.5. The van der Waals surface area contributed by atoms with Crippen LogP contribution in [-0.4, -0.2) is 11.9 Å². The van der Waals surface area contributed by atoms with Gasteiger partial charge in [-0.2, -0.15) is 5.26 Å². The standard InChI is InChI=1S/C19H26N2O/c1-19(2,14-20)13-18(22)21-17-11-7-6-10-16(17)12-15-8-4-3-5-9-15/h3-5,8-9,16-17H,6-7,10-13H2,1-2H3,(H,21,22). The summed E-state index contributed by atoms with van der Waals surface area (Å²) in [5.41, 5.74) is 0.749. The molecule has 1 N–H and O–H groups in total. The van der Waals surface area contributed by atoms with E-state index < -0.39 is 5.41 Å². The third-order valence-electron chi connectivity index (χ3n) is 4.50. The van der Waals surface area contributed by atoms with Gasteiger partial charge in [-0.1, -0.05) is 43.2 Å². The van der Waals surface area contributed by atoms with Gasteiger partial charge in [-0.05, 0) is 44.6 Å². The SMILES string of the molecule is CC(C)(C#N)CC(=O)NC1CCCCC1Cc1ccccc1. The van der Waals surface area contributed by atoms with Crippen molar-refractivity contribution < 1.29 is 4.79 Å². The van der Waals surface area contributed by atoms with Crippen molar-refractivity contribution in [1.29, 1.82) is 5.26 Å². The molecule has 0 aliphatic heterocycles. The number of carbonyl (C=O) groups excluding carboxylic acids is 1. The lowest BCUT2D eigenvalue weighted by Gasteiger charge is -2.33. The molecular weight excluding hydrogens is 272 g/mol. The van der Waals surface area contributed by atoms with Crippen LogP contribution in [0.15, 0.2) is 30.3 Å². The first-order valence-electron chi connectivity index (χ1n) is 8.25. The van der Waals surface area contributed by atoms with Crippen molar-refractivity contribution in [2.75, 3.05) is 0 Å². The maximum atomic E-state index is 12.2. The average molecular weight is 298 g/mol. The molecule has 3 nitrogen and oxygen atoms in total. The molecule has 1 saturated carbocycles. The van der Waals surface area contributed by atoms with E-state index >= 15 is 0 Å². The topological polar surface area (TPSA) is 52.9 Å². The molecule has 0 saturated heterocycles. The van der Waals surface area contributed by atoms with Gasteiger partial charge >= 0.3 is 0 Å². The second-order valence-electron chi connectivity index (χ2n) is 7.08. The third-order valence-corrected chi connectivity index (χ3v) is 4.50. The smallest absolute Gasteiger partial charge is 0.221 e. The monoisotopic (exact) mass is 298 g/mol. The summed E-state index contributed by atoms with van der Waals surface area (Å²) in [5, 5.41) is 12.3. The van der Waals surface area contributed by atoms with Gasteiger partial charge in [0.1, 0.15) is 0 Å². The highest BCUT2D eigenvalue weighted by Gasteiger charge is 2.28. The van der Waals surface area contributed by atoms with E-state index in [0.29, 0.717) is 5.92 Å². The Morgan fingerprint density at radius 2 is 1.95 bits per heavy atom. The number of nitrogens with zero attached hydrogens (tertiary/aromatic N) is 1. The summed E-state index contributed by atoms with van der Waals surface area (Å²) >= 11 is 0. The zero-order chi connectivity index (χ0) is 16.0. The lowest BCUT2D eigenvalue weighted by atomic mass is 9.80. The lowest BCUT2D eigenvalue weighted by Crippen LogP contribution is -2.43. The van der Waals surface area contributed by atoms with Crippen molar-refractivity contribution >= 4 is 5.91 Å². The number of nitrogens with one attached hydrogen (secondary N) is 1. The van der Waals surface area contributed by atoms with Crippen molar-refractivity contribution in [1.82, 2.24) is 5.32 Å². The molecule has 1 aromatic rings. The summed E-state index contributed by atoms with van der Waals surface area (Å²) in [4.78, 5) is 12.2. The largest absolute Gasteiger partial charge is 0.353 e. The van der Waals surface area contributed by atoms with E-state index in [1.54, 1.807) is 0 Å². The number of amides is 1. The molecule has 0 aromatic heterocycles. The highest BCUT2D eigenvalue weighted by Crippen LogP contribution is 2.28. The molecule has 2 rings (SSSR count). The van der Waals surface area contributed by atoms with E-state index in [-0.39, 0.29) is 18.4 Å². The van der Waals surface area contributed by atoms with Crippen LogP contribution >= 0.6 is 0 Å². The predicted molar refractivity (Wildman–Crippen MR) is 88.0 cm³/mol. The van der Waals surface area contributed by atoms with Crippen LogP contribution in [-0.2, 0) is 11.2 Å². The van der Waals surface area contributed by atoms with Gasteiger partial charge in [0.25, 0.3) is 0 Å². The summed E-state index contributed by atoms with van der Waals surface area (Å²) in [6, 6.07) is 12.9. The summed E-state index contributed by atoms with van der Waals surface area (Å²) in [6.45, 7) is 3.63. The highest BCUT2D eigenvalue weighted by molar-refractivity contribution is 5.77. The Morgan fingerprint density at radius 1 is 1.27 bits per heavy atom. The van der Waals surface area contributed by atoms with E-state index in [2.05, 4.69) is 35.7 Å². The van der Waals surface area contributed by atoms with Gasteiger partial charge in [-0.3, -0.25) is 4.79 Å². The Balaban J connectivity index is 1.95. The van der Waals surface area contributed by atoms with Gasteiger partial charge in [0, 0.05) is 12.5 Å². The summed E-state index contributed by atoms with van der Waals surface area (Å²) in [5.74, 6) is 0.516. The first kappa shape index (κ1) is 16.5. The van der Waals surface area contributed by atoms with Crippen molar-refractivity contribution in [3.63, 3.8) is 0 Å². The van der Waals surface area contributed by atoms with Crippen LogP contribution < -0.4 is 5.32 Å². The minimum atomic E-state index is -0.590. The van der Waals surface area contributed by atoms with Crippen LogP contribution in [0.25, 0.3) is 0 Å². The quantitative estimate of drug-likeness (QED) is 0.897. The zero-order valence-electron chi connectivity index (χ0n) is 13.6. The van der Waals surface area contributed by atoms with Crippen LogP contribution in [0.3, 0.4) is 0 Å². The molecule has 118 valence electrons. The predicted octanol–water partition coefficient (Wildman–Crippen LogP) is 3.84. The van der Waals surface area contributed by atoms with Crippen molar-refractivity contribution in [3.05, 3.63) is 35.9 Å². The van der Waals surface area contributed by atoms with E-state index in [1.807, 2.05) is 19.9 Å². The van der Waals surface area contributed by atoms with Crippen LogP contribution in [0.2, 0.25) is 0 Å². The van der Waals surface area contributed by atoms with E-state index in [1.165, 1.54) is 24.8 Å². The average Bonchev–Trinajstić information content (AvgIpc) is 2.50. The van der Waals surface area contributed by atoms with Crippen LogP contribution in [0.5, 0.6) is 0 Å². The summed E-state index contributed by atoms with van der Waals surface area (Å²) < 4.78 is 0. The molecule has 0 radical (unpaired) electrons. The molecule has 0 heterocycles. The highest BCUT2D eigenvalue weighted by atomic mass is 16.1. The second-order valence-corrected chi connectivity index (χ2v) is 7.08. The third kappa shape index (κ3) is 4.87. The number of nitriles is 1. The Bertz CT molecular complexity index is 530. The van der Waals surface area contributed by atoms with Gasteiger partial charge in [0.15, 0.2) is 0 Å². The summed E-state index contributed by atoms with van der Waals surface area (Å²) in [7, 11) is 0. The molecule has 1 aliphatic rings. The number of rotatable bonds is 5. The van der Waals surface area contributed by atoms with Crippen molar-refractivity contribution in [2.45, 2.75) is 58.4 Å². The molecule has 0 spiro atoms. The molecule has 0 bridgehead atoms. The molecule has 2 atom stereocenters. The second kappa shape index (κ2) is 7.45. The normalized spacial score (nSPS) is 21.9. The molecule has 1 amide bonds. The Hall–Kier alpha value is -1.82. The molecule has 1 aromatic carbocycles. The molecule has 22 heavy (non-hydrogen) atoms.